The predicted molar refractivity (Wildman–Crippen MR) is 56.9 cm³/mol. The van der Waals surface area contributed by atoms with Gasteiger partial charge in [-0.15, -0.1) is 0 Å². The molecule has 1 fully saturated rings. The molecule has 2 N–H and O–H groups in total. The lowest BCUT2D eigenvalue weighted by molar-refractivity contribution is -0.141. The van der Waals surface area contributed by atoms with E-state index in [4.69, 9.17) is 0 Å². The van der Waals surface area contributed by atoms with Gasteiger partial charge in [0, 0.05) is 18.2 Å². The van der Waals surface area contributed by atoms with E-state index in [1.807, 2.05) is 4.98 Å². The van der Waals surface area contributed by atoms with Crippen molar-refractivity contribution in [2.75, 3.05) is 6.54 Å². The molecule has 2 heterocycles. The molecular formula is C11H12F4N2O. The third-order valence-electron chi connectivity index (χ3n) is 2.98. The van der Waals surface area contributed by atoms with Gasteiger partial charge in [0.15, 0.2) is 0 Å². The zero-order chi connectivity index (χ0) is 13.3. The molecule has 0 bridgehead atoms. The molecule has 1 aromatic rings. The Hall–Kier alpha value is -1.37. The van der Waals surface area contributed by atoms with Gasteiger partial charge in [0.25, 0.3) is 5.56 Å². The molecule has 0 spiro atoms. The number of H-pyrrole nitrogens is 1. The fraction of sp³-hybridized carbons (Fsp3) is 0.545. The maximum absolute atomic E-state index is 12.9. The highest BCUT2D eigenvalue weighted by atomic mass is 19.4. The Labute approximate surface area is 100 Å². The van der Waals surface area contributed by atoms with Gasteiger partial charge in [-0.2, -0.15) is 13.2 Å². The average Bonchev–Trinajstić information content (AvgIpc) is 2.29. The highest BCUT2D eigenvalue weighted by Gasteiger charge is 2.32. The quantitative estimate of drug-likeness (QED) is 0.763. The fourth-order valence-electron chi connectivity index (χ4n) is 2.01. The van der Waals surface area contributed by atoms with E-state index in [1.54, 1.807) is 0 Å². The van der Waals surface area contributed by atoms with E-state index in [0.717, 1.165) is 12.1 Å². The highest BCUT2D eigenvalue weighted by molar-refractivity contribution is 5.20. The van der Waals surface area contributed by atoms with Crippen LogP contribution in [-0.2, 0) is 6.18 Å². The number of aromatic amines is 1. The molecule has 100 valence electrons. The first-order chi connectivity index (χ1) is 8.38. The molecule has 2 rings (SSSR count). The number of aromatic nitrogens is 1. The van der Waals surface area contributed by atoms with Crippen LogP contribution in [0.3, 0.4) is 0 Å². The minimum absolute atomic E-state index is 0.116. The van der Waals surface area contributed by atoms with Crippen molar-refractivity contribution >= 4 is 0 Å². The van der Waals surface area contributed by atoms with Gasteiger partial charge in [-0.25, -0.2) is 4.39 Å². The minimum Gasteiger partial charge on any atom is -0.318 e. The molecule has 3 nitrogen and oxygen atoms in total. The first-order valence-electron chi connectivity index (χ1n) is 5.56. The molecule has 0 unspecified atom stereocenters. The number of pyridine rings is 1. The van der Waals surface area contributed by atoms with Gasteiger partial charge in [-0.3, -0.25) is 4.79 Å². The highest BCUT2D eigenvalue weighted by Crippen LogP contribution is 2.28. The van der Waals surface area contributed by atoms with Crippen LogP contribution < -0.4 is 10.9 Å². The summed E-state index contributed by atoms with van der Waals surface area (Å²) >= 11 is 0. The molecule has 0 aliphatic carbocycles. The first-order valence-corrected chi connectivity index (χ1v) is 5.56. The summed E-state index contributed by atoms with van der Waals surface area (Å²) in [6.07, 6.45) is -4.83. The molecule has 18 heavy (non-hydrogen) atoms. The molecule has 2 atom stereocenters. The normalized spacial score (nSPS) is 25.1. The molecule has 1 aliphatic heterocycles. The molecule has 1 aliphatic rings. The summed E-state index contributed by atoms with van der Waals surface area (Å²) in [6.45, 7) is 0.116. The van der Waals surface area contributed by atoms with Crippen LogP contribution in [0.5, 0.6) is 0 Å². The number of hydrogen-bond donors (Lipinski definition) is 2. The zero-order valence-electron chi connectivity index (χ0n) is 9.35. The third kappa shape index (κ3) is 2.72. The van der Waals surface area contributed by atoms with Gasteiger partial charge in [0.2, 0.25) is 0 Å². The van der Waals surface area contributed by atoms with Crippen LogP contribution in [0.15, 0.2) is 16.9 Å². The summed E-state index contributed by atoms with van der Waals surface area (Å²) < 4.78 is 50.0. The first kappa shape index (κ1) is 13.1. The van der Waals surface area contributed by atoms with Crippen LogP contribution in [0, 0.1) is 0 Å². The summed E-state index contributed by atoms with van der Waals surface area (Å²) in [5.74, 6) is 0. The Balaban J connectivity index is 2.23. The Bertz CT molecular complexity index is 475. The van der Waals surface area contributed by atoms with Crippen LogP contribution in [0.1, 0.15) is 30.1 Å². The SMILES string of the molecule is O=c1[nH]c(C(F)(F)F)ccc1[C@H]1CC[C@@H](F)CN1. The van der Waals surface area contributed by atoms with Crippen LogP contribution in [0.4, 0.5) is 17.6 Å². The number of halogens is 4. The van der Waals surface area contributed by atoms with Crippen molar-refractivity contribution in [2.45, 2.75) is 31.2 Å². The molecule has 0 radical (unpaired) electrons. The van der Waals surface area contributed by atoms with Crippen molar-refractivity contribution in [3.05, 3.63) is 33.7 Å². The van der Waals surface area contributed by atoms with Gasteiger partial charge in [0.05, 0.1) is 0 Å². The molecule has 7 heteroatoms. The second-order valence-corrected chi connectivity index (χ2v) is 4.29. The van der Waals surface area contributed by atoms with Gasteiger partial charge < -0.3 is 10.3 Å². The second-order valence-electron chi connectivity index (χ2n) is 4.29. The van der Waals surface area contributed by atoms with Crippen LogP contribution in [0.25, 0.3) is 0 Å². The zero-order valence-corrected chi connectivity index (χ0v) is 9.35. The van der Waals surface area contributed by atoms with Crippen molar-refractivity contribution in [2.24, 2.45) is 0 Å². The van der Waals surface area contributed by atoms with E-state index in [1.165, 1.54) is 0 Å². The monoisotopic (exact) mass is 264 g/mol. The van der Waals surface area contributed by atoms with E-state index in [0.29, 0.717) is 12.8 Å². The van der Waals surface area contributed by atoms with E-state index >= 15 is 0 Å². The minimum atomic E-state index is -4.57. The standard InChI is InChI=1S/C11H12F4N2O/c12-6-1-3-8(16-5-6)7-2-4-9(11(13,14)15)17-10(7)18/h2,4,6,8,16H,1,3,5H2,(H,17,18)/t6-,8-/m1/s1. The molecule has 0 aromatic carbocycles. The van der Waals surface area contributed by atoms with Crippen molar-refractivity contribution in [3.8, 4) is 0 Å². The third-order valence-corrected chi connectivity index (χ3v) is 2.98. The van der Waals surface area contributed by atoms with Crippen molar-refractivity contribution in [1.29, 1.82) is 0 Å². The topological polar surface area (TPSA) is 44.9 Å². The average molecular weight is 264 g/mol. The van der Waals surface area contributed by atoms with Crippen LogP contribution in [-0.4, -0.2) is 17.7 Å². The van der Waals surface area contributed by atoms with Crippen molar-refractivity contribution in [1.82, 2.24) is 10.3 Å². The van der Waals surface area contributed by atoms with E-state index in [9.17, 15) is 22.4 Å². The number of alkyl halides is 4. The lowest BCUT2D eigenvalue weighted by atomic mass is 9.97. The molecule has 1 saturated heterocycles. The predicted octanol–water partition coefficient (Wildman–Crippen LogP) is 2.16. The van der Waals surface area contributed by atoms with E-state index in [2.05, 4.69) is 5.32 Å². The second kappa shape index (κ2) is 4.72. The number of piperidine rings is 1. The maximum Gasteiger partial charge on any atom is 0.431 e. The Morgan fingerprint density at radius 3 is 2.44 bits per heavy atom. The molecular weight excluding hydrogens is 252 g/mol. The van der Waals surface area contributed by atoms with Crippen LogP contribution in [0.2, 0.25) is 0 Å². The summed E-state index contributed by atoms with van der Waals surface area (Å²) in [4.78, 5) is 13.4. The van der Waals surface area contributed by atoms with Crippen molar-refractivity contribution < 1.29 is 17.6 Å². The maximum atomic E-state index is 12.9. The lowest BCUT2D eigenvalue weighted by Gasteiger charge is -2.25. The summed E-state index contributed by atoms with van der Waals surface area (Å²) in [6, 6.07) is 1.60. The van der Waals surface area contributed by atoms with Crippen LogP contribution >= 0.6 is 0 Å². The van der Waals surface area contributed by atoms with Crippen molar-refractivity contribution in [3.63, 3.8) is 0 Å². The van der Waals surface area contributed by atoms with Gasteiger partial charge >= 0.3 is 6.18 Å². The Morgan fingerprint density at radius 2 is 1.94 bits per heavy atom. The van der Waals surface area contributed by atoms with Gasteiger partial charge in [0.1, 0.15) is 11.9 Å². The van der Waals surface area contributed by atoms with Gasteiger partial charge in [-0.1, -0.05) is 0 Å². The summed E-state index contributed by atoms with van der Waals surface area (Å²) in [5.41, 5.74) is -1.63. The Kier molecular flexibility index (Phi) is 3.43. The molecule has 0 saturated carbocycles. The van der Waals surface area contributed by atoms with E-state index in [-0.39, 0.29) is 18.2 Å². The number of nitrogens with one attached hydrogen (secondary N) is 2. The van der Waals surface area contributed by atoms with Gasteiger partial charge in [-0.05, 0) is 25.0 Å². The smallest absolute Gasteiger partial charge is 0.318 e. The molecule has 1 aromatic heterocycles. The Morgan fingerprint density at radius 1 is 1.22 bits per heavy atom. The van der Waals surface area contributed by atoms with E-state index < -0.39 is 23.6 Å². The lowest BCUT2D eigenvalue weighted by Crippen LogP contribution is -2.37. The largest absolute Gasteiger partial charge is 0.431 e. The summed E-state index contributed by atoms with van der Waals surface area (Å²) in [5, 5.41) is 2.81. The fourth-order valence-corrected chi connectivity index (χ4v) is 2.01. The number of hydrogen-bond acceptors (Lipinski definition) is 2. The number of rotatable bonds is 1. The summed E-state index contributed by atoms with van der Waals surface area (Å²) in [7, 11) is 0. The molecule has 0 amide bonds.